The molecule has 7 nitrogen and oxygen atoms in total. The fraction of sp³-hybridized carbons (Fsp3) is 0.500. The molecular formula is C10H11F3N6O. The van der Waals surface area contributed by atoms with E-state index in [4.69, 9.17) is 5.73 Å². The van der Waals surface area contributed by atoms with E-state index in [1.165, 1.54) is 11.1 Å². The molecule has 1 saturated heterocycles. The highest BCUT2D eigenvalue weighted by Crippen LogP contribution is 2.38. The maximum Gasteiger partial charge on any atom is 0.419 e. The summed E-state index contributed by atoms with van der Waals surface area (Å²) in [6.07, 6.45) is -3.68. The molecule has 0 aromatic carbocycles. The molecule has 20 heavy (non-hydrogen) atoms. The van der Waals surface area contributed by atoms with Gasteiger partial charge in [0.1, 0.15) is 5.82 Å². The fourth-order valence-electron chi connectivity index (χ4n) is 2.18. The Morgan fingerprint density at radius 3 is 2.80 bits per heavy atom. The van der Waals surface area contributed by atoms with E-state index in [1.807, 2.05) is 0 Å². The summed E-state index contributed by atoms with van der Waals surface area (Å²) in [6.45, 7) is -0.620. The molecule has 0 amide bonds. The topological polar surface area (TPSA) is 104 Å². The number of halogens is 3. The van der Waals surface area contributed by atoms with Gasteiger partial charge in [-0.25, -0.2) is 0 Å². The van der Waals surface area contributed by atoms with E-state index in [2.05, 4.69) is 20.2 Å². The number of anilines is 2. The maximum atomic E-state index is 12.8. The first-order valence-corrected chi connectivity index (χ1v) is 5.81. The van der Waals surface area contributed by atoms with Crippen LogP contribution >= 0.6 is 0 Å². The Kier molecular flexibility index (Phi) is 2.55. The zero-order chi connectivity index (χ0) is 14.5. The van der Waals surface area contributed by atoms with Gasteiger partial charge in [-0.3, -0.25) is 5.10 Å². The monoisotopic (exact) mass is 288 g/mol. The average Bonchev–Trinajstić information content (AvgIpc) is 2.95. The normalized spacial score (nSPS) is 23.7. The summed E-state index contributed by atoms with van der Waals surface area (Å²) in [6, 6.07) is 0. The predicted octanol–water partition coefficient (Wildman–Crippen LogP) is 0.439. The number of nitrogens with one attached hydrogen (secondary N) is 1. The van der Waals surface area contributed by atoms with Gasteiger partial charge in [0.2, 0.25) is 5.95 Å². The van der Waals surface area contributed by atoms with E-state index in [1.54, 1.807) is 0 Å². The molecule has 2 aromatic heterocycles. The summed E-state index contributed by atoms with van der Waals surface area (Å²) in [5.41, 5.74) is 3.30. The van der Waals surface area contributed by atoms with Crippen LogP contribution in [-0.4, -0.2) is 50.1 Å². The van der Waals surface area contributed by atoms with E-state index in [0.717, 1.165) is 0 Å². The van der Waals surface area contributed by atoms with Gasteiger partial charge in [0.05, 0.1) is 18.1 Å². The largest absolute Gasteiger partial charge is 0.419 e. The second kappa shape index (κ2) is 3.95. The average molecular weight is 288 g/mol. The number of alkyl halides is 3. The third kappa shape index (κ3) is 1.83. The van der Waals surface area contributed by atoms with Crippen LogP contribution in [0.1, 0.15) is 6.42 Å². The Balaban J connectivity index is 1.93. The lowest BCUT2D eigenvalue weighted by Crippen LogP contribution is -2.47. The molecule has 0 radical (unpaired) electrons. The van der Waals surface area contributed by atoms with Crippen molar-refractivity contribution in [3.63, 3.8) is 0 Å². The third-order valence-electron chi connectivity index (χ3n) is 3.39. The Labute approximate surface area is 110 Å². The minimum atomic E-state index is -4.69. The smallest absolute Gasteiger partial charge is 0.383 e. The van der Waals surface area contributed by atoms with Crippen LogP contribution in [0.3, 0.4) is 0 Å². The predicted molar refractivity (Wildman–Crippen MR) is 63.9 cm³/mol. The first kappa shape index (κ1) is 12.9. The molecule has 0 bridgehead atoms. The highest BCUT2D eigenvalue weighted by atomic mass is 19.4. The molecule has 108 valence electrons. The lowest BCUT2D eigenvalue weighted by Gasteiger charge is -2.25. The van der Waals surface area contributed by atoms with Gasteiger partial charge < -0.3 is 15.7 Å². The number of nitrogens with two attached hydrogens (primary N) is 1. The van der Waals surface area contributed by atoms with E-state index < -0.39 is 24.7 Å². The van der Waals surface area contributed by atoms with Crippen molar-refractivity contribution in [3.05, 3.63) is 6.20 Å². The summed E-state index contributed by atoms with van der Waals surface area (Å²) < 4.78 is 38.3. The molecule has 4 N–H and O–H groups in total. The number of aromatic amines is 1. The Bertz CT molecular complexity index is 656. The number of nitrogen functional groups attached to an aromatic ring is 1. The number of nitrogens with zero attached hydrogens (tertiary/aromatic N) is 4. The number of hydrogen-bond acceptors (Lipinski definition) is 6. The quantitative estimate of drug-likeness (QED) is 0.703. The van der Waals surface area contributed by atoms with Crippen LogP contribution in [-0.2, 0) is 0 Å². The zero-order valence-electron chi connectivity index (χ0n) is 10.1. The number of H-pyrrole nitrogens is 1. The highest BCUT2D eigenvalue weighted by molar-refractivity contribution is 5.85. The number of fused-ring (bicyclic) bond motifs is 1. The molecular weight excluding hydrogens is 277 g/mol. The second-order valence-corrected chi connectivity index (χ2v) is 4.74. The summed E-state index contributed by atoms with van der Waals surface area (Å²) in [5.74, 6) is 0.167. The van der Waals surface area contributed by atoms with Crippen molar-refractivity contribution in [2.24, 2.45) is 0 Å². The van der Waals surface area contributed by atoms with Gasteiger partial charge in [0, 0.05) is 13.0 Å². The lowest BCUT2D eigenvalue weighted by molar-refractivity contribution is -0.250. The number of aliphatic hydroxyl groups is 1. The number of aromatic nitrogens is 4. The van der Waals surface area contributed by atoms with Crippen LogP contribution in [0.25, 0.3) is 11.0 Å². The molecule has 1 fully saturated rings. The number of rotatable bonds is 1. The number of hydrogen-bond donors (Lipinski definition) is 3. The molecule has 1 atom stereocenters. The van der Waals surface area contributed by atoms with Crippen LogP contribution in [0.2, 0.25) is 0 Å². The summed E-state index contributed by atoms with van der Waals surface area (Å²) in [7, 11) is 0. The van der Waals surface area contributed by atoms with Crippen molar-refractivity contribution in [3.8, 4) is 0 Å². The Morgan fingerprint density at radius 2 is 2.15 bits per heavy atom. The minimum absolute atomic E-state index is 0.00487. The van der Waals surface area contributed by atoms with Gasteiger partial charge in [-0.2, -0.15) is 28.2 Å². The van der Waals surface area contributed by atoms with Crippen LogP contribution in [0.5, 0.6) is 0 Å². The van der Waals surface area contributed by atoms with Gasteiger partial charge in [-0.15, -0.1) is 0 Å². The Morgan fingerprint density at radius 1 is 1.40 bits per heavy atom. The SMILES string of the molecule is Nc1nc(N2CCC(O)(C(F)(F)F)C2)nc2[nH]ncc12. The molecule has 0 aliphatic carbocycles. The third-order valence-corrected chi connectivity index (χ3v) is 3.39. The second-order valence-electron chi connectivity index (χ2n) is 4.74. The zero-order valence-corrected chi connectivity index (χ0v) is 10.1. The van der Waals surface area contributed by atoms with Crippen molar-refractivity contribution in [1.82, 2.24) is 20.2 Å². The Hall–Kier alpha value is -2.10. The molecule has 0 spiro atoms. The van der Waals surface area contributed by atoms with Crippen molar-refractivity contribution in [2.75, 3.05) is 23.7 Å². The standard InChI is InChI=1S/C10H11F3N6O/c11-10(12,13)9(20)1-2-19(4-9)8-16-6(14)5-3-15-18-7(5)17-8/h3,20H,1-2,4H2,(H3,14,15,16,17,18). The van der Waals surface area contributed by atoms with Gasteiger partial charge in [0.25, 0.3) is 0 Å². The van der Waals surface area contributed by atoms with Crippen LogP contribution < -0.4 is 10.6 Å². The lowest BCUT2D eigenvalue weighted by atomic mass is 10.0. The number of β-amino-alcohol motifs (C(OH)–C–C–N with tert-alkyl or cyclic N) is 1. The van der Waals surface area contributed by atoms with E-state index in [9.17, 15) is 18.3 Å². The molecule has 1 aliphatic heterocycles. The minimum Gasteiger partial charge on any atom is -0.383 e. The molecule has 2 aromatic rings. The van der Waals surface area contributed by atoms with E-state index in [-0.39, 0.29) is 18.3 Å². The maximum absolute atomic E-state index is 12.8. The van der Waals surface area contributed by atoms with Crippen molar-refractivity contribution in [1.29, 1.82) is 0 Å². The summed E-state index contributed by atoms with van der Waals surface area (Å²) in [4.78, 5) is 9.28. The van der Waals surface area contributed by atoms with Gasteiger partial charge in [-0.1, -0.05) is 0 Å². The first-order chi connectivity index (χ1) is 9.30. The molecule has 1 aliphatic rings. The van der Waals surface area contributed by atoms with Crippen LogP contribution in [0.15, 0.2) is 6.20 Å². The van der Waals surface area contributed by atoms with Gasteiger partial charge in [0.15, 0.2) is 11.2 Å². The van der Waals surface area contributed by atoms with Crippen molar-refractivity contribution in [2.45, 2.75) is 18.2 Å². The van der Waals surface area contributed by atoms with Crippen molar-refractivity contribution >= 4 is 22.8 Å². The molecule has 3 rings (SSSR count). The van der Waals surface area contributed by atoms with E-state index in [0.29, 0.717) is 11.0 Å². The molecule has 0 saturated carbocycles. The van der Waals surface area contributed by atoms with Gasteiger partial charge in [-0.05, 0) is 0 Å². The van der Waals surface area contributed by atoms with Gasteiger partial charge >= 0.3 is 6.18 Å². The first-order valence-electron chi connectivity index (χ1n) is 5.81. The summed E-state index contributed by atoms with van der Waals surface area (Å²) in [5, 5.41) is 16.5. The van der Waals surface area contributed by atoms with Crippen LogP contribution in [0, 0.1) is 0 Å². The van der Waals surface area contributed by atoms with Crippen LogP contribution in [0.4, 0.5) is 24.9 Å². The van der Waals surface area contributed by atoms with Crippen molar-refractivity contribution < 1.29 is 18.3 Å². The molecule has 1 unspecified atom stereocenters. The van der Waals surface area contributed by atoms with E-state index >= 15 is 0 Å². The fourth-order valence-corrected chi connectivity index (χ4v) is 2.18. The summed E-state index contributed by atoms with van der Waals surface area (Å²) >= 11 is 0. The highest BCUT2D eigenvalue weighted by Gasteiger charge is 2.57. The molecule has 10 heteroatoms. The molecule has 3 heterocycles.